The highest BCUT2D eigenvalue weighted by molar-refractivity contribution is 7.73. The van der Waals surface area contributed by atoms with E-state index >= 15 is 0 Å². The first-order chi connectivity index (χ1) is 12.1. The molecule has 0 saturated heterocycles. The lowest BCUT2D eigenvalue weighted by atomic mass is 9.85. The van der Waals surface area contributed by atoms with Crippen LogP contribution in [0.3, 0.4) is 0 Å². The molecule has 1 heterocycles. The molecule has 126 valence electrons. The van der Waals surface area contributed by atoms with E-state index in [1.54, 1.807) is 6.08 Å². The molecular formula is C20H18N2OS2. The van der Waals surface area contributed by atoms with Crippen LogP contribution < -0.4 is 5.32 Å². The first kappa shape index (κ1) is 17.5. The van der Waals surface area contributed by atoms with Crippen LogP contribution in [0.1, 0.15) is 35.6 Å². The van der Waals surface area contributed by atoms with Crippen LogP contribution >= 0.6 is 23.6 Å². The Balaban J connectivity index is 1.87. The van der Waals surface area contributed by atoms with Gasteiger partial charge in [0.1, 0.15) is 11.1 Å². The fourth-order valence-corrected chi connectivity index (χ4v) is 4.43. The number of nitrogens with zero attached hydrogens (tertiary/aromatic N) is 1. The quantitative estimate of drug-likeness (QED) is 0.605. The van der Waals surface area contributed by atoms with Crippen LogP contribution in [0.25, 0.3) is 6.08 Å². The second-order valence-electron chi connectivity index (χ2n) is 6.24. The van der Waals surface area contributed by atoms with Gasteiger partial charge in [0, 0.05) is 6.08 Å². The topological polar surface area (TPSA) is 52.9 Å². The normalized spacial score (nSPS) is 16.2. The molecule has 1 aliphatic rings. The second-order valence-corrected chi connectivity index (χ2v) is 7.93. The van der Waals surface area contributed by atoms with E-state index in [0.29, 0.717) is 16.5 Å². The van der Waals surface area contributed by atoms with Crippen molar-refractivity contribution in [3.05, 3.63) is 62.5 Å². The van der Waals surface area contributed by atoms with Gasteiger partial charge < -0.3 is 5.32 Å². The summed E-state index contributed by atoms with van der Waals surface area (Å²) in [7, 11) is 0. The summed E-state index contributed by atoms with van der Waals surface area (Å²) in [4.78, 5) is 12.3. The number of hydrogen-bond acceptors (Lipinski definition) is 4. The minimum absolute atomic E-state index is 0.255. The van der Waals surface area contributed by atoms with E-state index in [0.717, 1.165) is 39.8 Å². The van der Waals surface area contributed by atoms with Crippen LogP contribution in [0.5, 0.6) is 0 Å². The fraction of sp³-hybridized carbons (Fsp3) is 0.250. The predicted molar refractivity (Wildman–Crippen MR) is 105 cm³/mol. The third kappa shape index (κ3) is 4.04. The average Bonchev–Trinajstić information content (AvgIpc) is 2.62. The Morgan fingerprint density at radius 1 is 1.36 bits per heavy atom. The summed E-state index contributed by atoms with van der Waals surface area (Å²) >= 11 is 6.84. The first-order valence-electron chi connectivity index (χ1n) is 8.21. The molecule has 0 aliphatic heterocycles. The van der Waals surface area contributed by atoms with Crippen molar-refractivity contribution in [2.45, 2.75) is 26.2 Å². The van der Waals surface area contributed by atoms with Gasteiger partial charge in [-0.15, -0.1) is 11.3 Å². The first-order valence-corrected chi connectivity index (χ1v) is 9.44. The van der Waals surface area contributed by atoms with E-state index in [1.165, 1.54) is 17.4 Å². The lowest BCUT2D eigenvalue weighted by Crippen LogP contribution is -2.15. The van der Waals surface area contributed by atoms with Gasteiger partial charge in [-0.1, -0.05) is 49.5 Å². The Morgan fingerprint density at radius 3 is 2.84 bits per heavy atom. The maximum atomic E-state index is 12.3. The zero-order chi connectivity index (χ0) is 17.8. The largest absolute Gasteiger partial charge is 0.313 e. The number of rotatable bonds is 3. The zero-order valence-electron chi connectivity index (χ0n) is 13.9. The van der Waals surface area contributed by atoms with Crippen molar-refractivity contribution in [3.8, 4) is 6.07 Å². The van der Waals surface area contributed by atoms with Crippen LogP contribution in [-0.2, 0) is 17.6 Å². The SMILES string of the molecule is CC1CCc2c(C#N)c(NC(=O)/C=C/c3ccccc3)sc(=S)c2C1. The van der Waals surface area contributed by atoms with Crippen molar-refractivity contribution in [3.63, 3.8) is 0 Å². The van der Waals surface area contributed by atoms with Gasteiger partial charge in [0.05, 0.1) is 9.39 Å². The Bertz CT molecular complexity index is 923. The molecule has 0 saturated carbocycles. The molecule has 25 heavy (non-hydrogen) atoms. The lowest BCUT2D eigenvalue weighted by molar-refractivity contribution is -0.111. The molecule has 1 atom stereocenters. The number of amides is 1. The maximum Gasteiger partial charge on any atom is 0.249 e. The number of anilines is 1. The van der Waals surface area contributed by atoms with E-state index in [-0.39, 0.29) is 5.91 Å². The maximum absolute atomic E-state index is 12.3. The predicted octanol–water partition coefficient (Wildman–Crippen LogP) is 5.13. The summed E-state index contributed by atoms with van der Waals surface area (Å²) in [6.45, 7) is 2.21. The number of fused-ring (bicyclic) bond motifs is 1. The monoisotopic (exact) mass is 366 g/mol. The van der Waals surface area contributed by atoms with Gasteiger partial charge in [-0.05, 0) is 47.9 Å². The van der Waals surface area contributed by atoms with E-state index in [1.807, 2.05) is 30.3 Å². The van der Waals surface area contributed by atoms with Gasteiger partial charge in [-0.25, -0.2) is 0 Å². The van der Waals surface area contributed by atoms with Crippen molar-refractivity contribution >= 4 is 40.5 Å². The van der Waals surface area contributed by atoms with Crippen LogP contribution in [0.4, 0.5) is 5.00 Å². The number of nitriles is 1. The van der Waals surface area contributed by atoms with Crippen molar-refractivity contribution in [1.29, 1.82) is 5.26 Å². The summed E-state index contributed by atoms with van der Waals surface area (Å²) in [6, 6.07) is 11.9. The van der Waals surface area contributed by atoms with Gasteiger partial charge in [0.25, 0.3) is 0 Å². The number of carbonyl (C=O) groups is 1. The molecule has 1 aromatic heterocycles. The Labute approximate surface area is 156 Å². The number of nitrogens with one attached hydrogen (secondary N) is 1. The molecule has 1 aromatic carbocycles. The Morgan fingerprint density at radius 2 is 2.12 bits per heavy atom. The van der Waals surface area contributed by atoms with E-state index in [2.05, 4.69) is 18.3 Å². The highest BCUT2D eigenvalue weighted by atomic mass is 32.1. The lowest BCUT2D eigenvalue weighted by Gasteiger charge is -2.23. The van der Waals surface area contributed by atoms with Gasteiger partial charge in [-0.3, -0.25) is 4.79 Å². The van der Waals surface area contributed by atoms with Crippen LogP contribution in [0.2, 0.25) is 0 Å². The molecule has 2 aromatic rings. The molecule has 0 fully saturated rings. The molecule has 0 radical (unpaired) electrons. The smallest absolute Gasteiger partial charge is 0.249 e. The highest BCUT2D eigenvalue weighted by Crippen LogP contribution is 2.35. The standard InChI is InChI=1S/C20H18N2OS2/c1-13-7-9-15-16(11-13)20(24)25-19(17(15)12-21)22-18(23)10-8-14-5-3-2-4-6-14/h2-6,8,10,13H,7,9,11H2,1H3,(H,22,23)/b10-8+. The fourth-order valence-electron chi connectivity index (χ4n) is 3.04. The molecular weight excluding hydrogens is 348 g/mol. The number of hydrogen-bond donors (Lipinski definition) is 1. The average molecular weight is 367 g/mol. The summed E-state index contributed by atoms with van der Waals surface area (Å²) in [5.41, 5.74) is 3.66. The molecule has 1 N–H and O–H groups in total. The molecule has 5 heteroatoms. The van der Waals surface area contributed by atoms with Crippen LogP contribution in [-0.4, -0.2) is 5.91 Å². The van der Waals surface area contributed by atoms with Crippen LogP contribution in [0, 0.1) is 21.1 Å². The molecule has 1 aliphatic carbocycles. The summed E-state index contributed by atoms with van der Waals surface area (Å²) in [6.07, 6.45) is 6.04. The minimum atomic E-state index is -0.255. The van der Waals surface area contributed by atoms with Crippen molar-refractivity contribution < 1.29 is 4.79 Å². The van der Waals surface area contributed by atoms with Gasteiger partial charge >= 0.3 is 0 Å². The van der Waals surface area contributed by atoms with Crippen molar-refractivity contribution in [2.75, 3.05) is 5.32 Å². The molecule has 1 amide bonds. The summed E-state index contributed by atoms with van der Waals surface area (Å²) in [5, 5.41) is 13.0. The highest BCUT2D eigenvalue weighted by Gasteiger charge is 2.23. The third-order valence-corrected chi connectivity index (χ3v) is 5.79. The van der Waals surface area contributed by atoms with Crippen molar-refractivity contribution in [1.82, 2.24) is 0 Å². The van der Waals surface area contributed by atoms with E-state index in [4.69, 9.17) is 12.2 Å². The zero-order valence-corrected chi connectivity index (χ0v) is 15.5. The second kappa shape index (κ2) is 7.73. The van der Waals surface area contributed by atoms with Gasteiger partial charge in [-0.2, -0.15) is 5.26 Å². The van der Waals surface area contributed by atoms with Crippen molar-refractivity contribution in [2.24, 2.45) is 5.92 Å². The molecule has 3 nitrogen and oxygen atoms in total. The summed E-state index contributed by atoms with van der Waals surface area (Å²) in [5.74, 6) is 0.331. The molecule has 0 bridgehead atoms. The Kier molecular flexibility index (Phi) is 5.42. The molecule has 1 unspecified atom stereocenters. The Hall–Kier alpha value is -2.29. The van der Waals surface area contributed by atoms with Gasteiger partial charge in [0.2, 0.25) is 5.91 Å². The molecule has 0 spiro atoms. The van der Waals surface area contributed by atoms with E-state index < -0.39 is 0 Å². The minimum Gasteiger partial charge on any atom is -0.313 e. The number of carbonyl (C=O) groups excluding carboxylic acids is 1. The third-order valence-electron chi connectivity index (χ3n) is 4.35. The molecule has 3 rings (SSSR count). The van der Waals surface area contributed by atoms with E-state index in [9.17, 15) is 10.1 Å². The number of benzene rings is 1. The van der Waals surface area contributed by atoms with Gasteiger partial charge in [0.15, 0.2) is 0 Å². The summed E-state index contributed by atoms with van der Waals surface area (Å²) < 4.78 is 0.780. The van der Waals surface area contributed by atoms with Crippen LogP contribution in [0.15, 0.2) is 36.4 Å².